The van der Waals surface area contributed by atoms with Crippen LogP contribution in [-0.4, -0.2) is 26.9 Å². The van der Waals surface area contributed by atoms with Crippen molar-refractivity contribution in [1.29, 1.82) is 0 Å². The maximum absolute atomic E-state index is 11.5. The minimum absolute atomic E-state index is 0.109. The lowest BCUT2D eigenvalue weighted by Crippen LogP contribution is -2.28. The molecule has 82 valence electrons. The highest BCUT2D eigenvalue weighted by atomic mass is 79.9. The molecule has 1 fully saturated rings. The van der Waals surface area contributed by atoms with Crippen LogP contribution in [0.2, 0.25) is 0 Å². The molecule has 1 saturated carbocycles. The van der Waals surface area contributed by atoms with E-state index in [0.717, 1.165) is 13.0 Å². The van der Waals surface area contributed by atoms with Crippen molar-refractivity contribution in [2.45, 2.75) is 24.1 Å². The molecule has 1 heterocycles. The molecule has 2 atom stereocenters. The minimum atomic E-state index is -0.109. The summed E-state index contributed by atoms with van der Waals surface area (Å²) in [5.41, 5.74) is 0.424. The molecule has 1 aromatic heterocycles. The first kappa shape index (κ1) is 11.0. The van der Waals surface area contributed by atoms with E-state index in [4.69, 9.17) is 0 Å². The smallest absolute Gasteiger partial charge is 0.272 e. The van der Waals surface area contributed by atoms with Crippen LogP contribution >= 0.6 is 27.5 Å². The van der Waals surface area contributed by atoms with Crippen molar-refractivity contribution >= 4 is 33.4 Å². The second kappa shape index (κ2) is 5.03. The van der Waals surface area contributed by atoms with Crippen molar-refractivity contribution in [3.63, 3.8) is 0 Å². The van der Waals surface area contributed by atoms with E-state index >= 15 is 0 Å². The molecule has 0 saturated heterocycles. The van der Waals surface area contributed by atoms with Crippen LogP contribution in [0.4, 0.5) is 0 Å². The summed E-state index contributed by atoms with van der Waals surface area (Å²) >= 11 is 4.79. The van der Waals surface area contributed by atoms with Crippen LogP contribution in [0.15, 0.2) is 5.38 Å². The minimum Gasteiger partial charge on any atom is -0.350 e. The normalized spacial score (nSPS) is 25.4. The van der Waals surface area contributed by atoms with Gasteiger partial charge in [0, 0.05) is 16.8 Å². The Morgan fingerprint density at radius 1 is 1.67 bits per heavy atom. The Morgan fingerprint density at radius 3 is 3.13 bits per heavy atom. The third kappa shape index (κ3) is 2.98. The molecule has 15 heavy (non-hydrogen) atoms. The number of nitrogens with one attached hydrogen (secondary N) is 1. The number of alkyl halides is 1. The van der Waals surface area contributed by atoms with Crippen LogP contribution in [-0.2, 0) is 0 Å². The van der Waals surface area contributed by atoms with Gasteiger partial charge >= 0.3 is 0 Å². The number of hydrogen-bond donors (Lipinski definition) is 1. The van der Waals surface area contributed by atoms with Gasteiger partial charge in [0.2, 0.25) is 0 Å². The van der Waals surface area contributed by atoms with Crippen LogP contribution in [0.1, 0.15) is 29.8 Å². The van der Waals surface area contributed by atoms with Gasteiger partial charge in [-0.3, -0.25) is 4.79 Å². The van der Waals surface area contributed by atoms with Gasteiger partial charge in [-0.15, -0.1) is 5.10 Å². The molecule has 0 radical (unpaired) electrons. The predicted octanol–water partition coefficient (Wildman–Crippen LogP) is 1.83. The fourth-order valence-electron chi connectivity index (χ4n) is 1.79. The summed E-state index contributed by atoms with van der Waals surface area (Å²) in [7, 11) is 0. The highest BCUT2D eigenvalue weighted by Crippen LogP contribution is 2.29. The molecule has 2 unspecified atom stereocenters. The topological polar surface area (TPSA) is 54.9 Å². The molecule has 1 aromatic rings. The number of halogens is 1. The van der Waals surface area contributed by atoms with Gasteiger partial charge in [-0.1, -0.05) is 20.4 Å². The van der Waals surface area contributed by atoms with Gasteiger partial charge in [-0.2, -0.15) is 0 Å². The predicted molar refractivity (Wildman–Crippen MR) is 62.3 cm³/mol. The number of amides is 1. The van der Waals surface area contributed by atoms with Crippen molar-refractivity contribution in [1.82, 2.24) is 14.9 Å². The lowest BCUT2D eigenvalue weighted by atomic mass is 10.1. The van der Waals surface area contributed by atoms with Gasteiger partial charge in [0.25, 0.3) is 5.91 Å². The molecule has 1 aliphatic carbocycles. The number of rotatable bonds is 3. The number of aromatic nitrogens is 2. The molecular weight excluding hydrogens is 278 g/mol. The van der Waals surface area contributed by atoms with E-state index in [2.05, 4.69) is 30.8 Å². The van der Waals surface area contributed by atoms with Gasteiger partial charge in [0.1, 0.15) is 0 Å². The van der Waals surface area contributed by atoms with Crippen LogP contribution in [0.3, 0.4) is 0 Å². The lowest BCUT2D eigenvalue weighted by molar-refractivity contribution is 0.0942. The second-order valence-corrected chi connectivity index (χ2v) is 5.68. The first-order valence-electron chi connectivity index (χ1n) is 4.95. The van der Waals surface area contributed by atoms with Gasteiger partial charge < -0.3 is 5.32 Å². The number of nitrogens with zero attached hydrogens (tertiary/aromatic N) is 2. The van der Waals surface area contributed by atoms with E-state index in [9.17, 15) is 4.79 Å². The summed E-state index contributed by atoms with van der Waals surface area (Å²) in [4.78, 5) is 12.2. The standard InChI is InChI=1S/C9H12BrN3OS/c10-7-2-1-6(3-7)4-11-9(14)8-5-15-13-12-8/h5-7H,1-4H2,(H,11,14). The molecule has 0 spiro atoms. The molecule has 0 bridgehead atoms. The first-order chi connectivity index (χ1) is 7.25. The highest BCUT2D eigenvalue weighted by Gasteiger charge is 2.23. The van der Waals surface area contributed by atoms with E-state index in [-0.39, 0.29) is 5.91 Å². The largest absolute Gasteiger partial charge is 0.350 e. The number of carbonyl (C=O) groups is 1. The van der Waals surface area contributed by atoms with Crippen molar-refractivity contribution in [3.05, 3.63) is 11.1 Å². The fourth-order valence-corrected chi connectivity index (χ4v) is 3.02. The van der Waals surface area contributed by atoms with Crippen LogP contribution in [0.25, 0.3) is 0 Å². The molecule has 2 rings (SSSR count). The quantitative estimate of drug-likeness (QED) is 0.864. The Morgan fingerprint density at radius 2 is 2.53 bits per heavy atom. The molecule has 6 heteroatoms. The molecule has 0 aliphatic heterocycles. The maximum atomic E-state index is 11.5. The lowest BCUT2D eigenvalue weighted by Gasteiger charge is -2.09. The zero-order valence-electron chi connectivity index (χ0n) is 8.15. The van der Waals surface area contributed by atoms with Gasteiger partial charge in [0.15, 0.2) is 5.69 Å². The molecular formula is C9H12BrN3OS. The van der Waals surface area contributed by atoms with E-state index in [0.29, 0.717) is 16.4 Å². The average molecular weight is 290 g/mol. The summed E-state index contributed by atoms with van der Waals surface area (Å²) in [5, 5.41) is 8.28. The van der Waals surface area contributed by atoms with E-state index in [1.807, 2.05) is 0 Å². The SMILES string of the molecule is O=C(NCC1CCC(Br)C1)c1csnn1. The zero-order valence-corrected chi connectivity index (χ0v) is 10.6. The molecule has 4 nitrogen and oxygen atoms in total. The average Bonchev–Trinajstić information content (AvgIpc) is 2.84. The van der Waals surface area contributed by atoms with E-state index in [1.54, 1.807) is 5.38 Å². The third-order valence-electron chi connectivity index (χ3n) is 2.62. The van der Waals surface area contributed by atoms with E-state index in [1.165, 1.54) is 24.4 Å². The van der Waals surface area contributed by atoms with Crippen molar-refractivity contribution < 1.29 is 4.79 Å². The molecule has 0 aromatic carbocycles. The van der Waals surface area contributed by atoms with Crippen molar-refractivity contribution in [3.8, 4) is 0 Å². The summed E-state index contributed by atoms with van der Waals surface area (Å²) in [5.74, 6) is 0.492. The first-order valence-corrected chi connectivity index (χ1v) is 6.70. The number of hydrogen-bond acceptors (Lipinski definition) is 4. The van der Waals surface area contributed by atoms with Crippen LogP contribution in [0, 0.1) is 5.92 Å². The van der Waals surface area contributed by atoms with Gasteiger partial charge in [-0.05, 0) is 36.7 Å². The zero-order chi connectivity index (χ0) is 10.7. The van der Waals surface area contributed by atoms with Gasteiger partial charge in [0.05, 0.1) is 0 Å². The second-order valence-electron chi connectivity index (χ2n) is 3.78. The van der Waals surface area contributed by atoms with E-state index < -0.39 is 0 Å². The Kier molecular flexibility index (Phi) is 3.69. The maximum Gasteiger partial charge on any atom is 0.272 e. The van der Waals surface area contributed by atoms with Crippen molar-refractivity contribution in [2.75, 3.05) is 6.54 Å². The summed E-state index contributed by atoms with van der Waals surface area (Å²) < 4.78 is 3.66. The summed E-state index contributed by atoms with van der Waals surface area (Å²) in [6.07, 6.45) is 3.54. The molecule has 1 aliphatic rings. The fraction of sp³-hybridized carbons (Fsp3) is 0.667. The molecule has 1 N–H and O–H groups in total. The Balaban J connectivity index is 1.76. The monoisotopic (exact) mass is 289 g/mol. The Hall–Kier alpha value is -0.490. The Bertz CT molecular complexity index is 330. The van der Waals surface area contributed by atoms with Gasteiger partial charge in [-0.25, -0.2) is 0 Å². The van der Waals surface area contributed by atoms with Crippen molar-refractivity contribution in [2.24, 2.45) is 5.92 Å². The van der Waals surface area contributed by atoms with Crippen LogP contribution < -0.4 is 5.32 Å². The summed E-state index contributed by atoms with van der Waals surface area (Å²) in [6.45, 7) is 0.748. The molecule has 1 amide bonds. The number of carbonyl (C=O) groups excluding carboxylic acids is 1. The third-order valence-corrected chi connectivity index (χ3v) is 3.96. The summed E-state index contributed by atoms with van der Waals surface area (Å²) in [6, 6.07) is 0. The van der Waals surface area contributed by atoms with Crippen LogP contribution in [0.5, 0.6) is 0 Å². The highest BCUT2D eigenvalue weighted by molar-refractivity contribution is 9.09. The Labute approximate surface area is 101 Å².